The van der Waals surface area contributed by atoms with E-state index in [1.165, 1.54) is 36.4 Å². The van der Waals surface area contributed by atoms with Crippen molar-refractivity contribution in [3.8, 4) is 0 Å². The van der Waals surface area contributed by atoms with Crippen LogP contribution in [0.4, 0.5) is 0 Å². The highest BCUT2D eigenvalue weighted by Crippen LogP contribution is 2.18. The molecule has 1 unspecified atom stereocenters. The summed E-state index contributed by atoms with van der Waals surface area (Å²) in [6.07, 6.45) is 3.11. The van der Waals surface area contributed by atoms with Gasteiger partial charge in [0.2, 0.25) is 5.91 Å². The van der Waals surface area contributed by atoms with Crippen molar-refractivity contribution in [3.63, 3.8) is 0 Å². The topological polar surface area (TPSA) is 32.8 Å². The van der Waals surface area contributed by atoms with Crippen molar-refractivity contribution in [2.24, 2.45) is 0 Å². The minimum absolute atomic E-state index is 0.227. The normalized spacial score (nSPS) is 23.7. The molecule has 116 valence electrons. The van der Waals surface area contributed by atoms with Crippen LogP contribution in [-0.2, 0) is 16.0 Å². The number of carbonyl (C=O) groups excluding carboxylic acids is 1. The van der Waals surface area contributed by atoms with Crippen LogP contribution < -0.4 is 0 Å². The Labute approximate surface area is 130 Å². The average molecular weight is 308 g/mol. The molecule has 0 bridgehead atoms. The molecule has 4 nitrogen and oxygen atoms in total. The second-order valence-electron chi connectivity index (χ2n) is 6.09. The van der Waals surface area contributed by atoms with Gasteiger partial charge in [0.15, 0.2) is 0 Å². The molecule has 5 heteroatoms. The smallest absolute Gasteiger partial charge is 0.228 e. The van der Waals surface area contributed by atoms with Gasteiger partial charge < -0.3 is 14.5 Å². The van der Waals surface area contributed by atoms with E-state index in [1.807, 2.05) is 0 Å². The van der Waals surface area contributed by atoms with Crippen LogP contribution in [0.2, 0.25) is 0 Å². The van der Waals surface area contributed by atoms with Gasteiger partial charge in [-0.1, -0.05) is 0 Å². The molecular weight excluding hydrogens is 284 g/mol. The lowest BCUT2D eigenvalue weighted by Gasteiger charge is -2.37. The number of amides is 1. The van der Waals surface area contributed by atoms with E-state index >= 15 is 0 Å². The Balaban J connectivity index is 1.60. The molecule has 21 heavy (non-hydrogen) atoms. The molecule has 3 rings (SSSR count). The second kappa shape index (κ2) is 6.90. The Morgan fingerprint density at radius 2 is 2.19 bits per heavy atom. The molecule has 2 fully saturated rings. The van der Waals surface area contributed by atoms with E-state index in [1.54, 1.807) is 11.3 Å². The number of rotatable bonds is 4. The van der Waals surface area contributed by atoms with Gasteiger partial charge in [-0.3, -0.25) is 4.79 Å². The number of morpholine rings is 1. The lowest BCUT2D eigenvalue weighted by molar-refractivity contribution is -0.139. The first-order valence-electron chi connectivity index (χ1n) is 7.86. The maximum atomic E-state index is 12.6. The molecule has 2 saturated heterocycles. The Morgan fingerprint density at radius 3 is 2.90 bits per heavy atom. The fraction of sp³-hybridized carbons (Fsp3) is 0.688. The van der Waals surface area contributed by atoms with E-state index in [4.69, 9.17) is 4.74 Å². The van der Waals surface area contributed by atoms with Gasteiger partial charge in [-0.15, -0.1) is 11.3 Å². The molecule has 1 aromatic rings. The van der Waals surface area contributed by atoms with Crippen molar-refractivity contribution in [2.75, 3.05) is 39.4 Å². The highest BCUT2D eigenvalue weighted by Gasteiger charge is 2.29. The van der Waals surface area contributed by atoms with Crippen LogP contribution in [0, 0.1) is 6.92 Å². The molecular formula is C16H24N2O2S. The fourth-order valence-corrected chi connectivity index (χ4v) is 4.10. The molecule has 1 aromatic heterocycles. The van der Waals surface area contributed by atoms with Crippen molar-refractivity contribution < 1.29 is 9.53 Å². The Morgan fingerprint density at radius 1 is 1.38 bits per heavy atom. The van der Waals surface area contributed by atoms with Crippen LogP contribution in [0.3, 0.4) is 0 Å². The summed E-state index contributed by atoms with van der Waals surface area (Å²) in [4.78, 5) is 18.3. The maximum absolute atomic E-state index is 12.6. The third kappa shape index (κ3) is 3.84. The van der Waals surface area contributed by atoms with Crippen molar-refractivity contribution in [3.05, 3.63) is 21.9 Å². The van der Waals surface area contributed by atoms with Gasteiger partial charge in [0.25, 0.3) is 0 Å². The van der Waals surface area contributed by atoms with Crippen LogP contribution >= 0.6 is 11.3 Å². The number of ether oxygens (including phenoxy) is 1. The molecule has 0 radical (unpaired) electrons. The zero-order valence-corrected chi connectivity index (χ0v) is 13.5. The van der Waals surface area contributed by atoms with Gasteiger partial charge in [-0.05, 0) is 49.9 Å². The molecule has 1 atom stereocenters. The molecule has 3 heterocycles. The highest BCUT2D eigenvalue weighted by molar-refractivity contribution is 7.10. The predicted molar refractivity (Wildman–Crippen MR) is 84.8 cm³/mol. The van der Waals surface area contributed by atoms with Crippen LogP contribution in [0.15, 0.2) is 11.4 Å². The summed E-state index contributed by atoms with van der Waals surface area (Å²) < 4.78 is 5.61. The minimum atomic E-state index is 0.227. The number of aryl methyl sites for hydroxylation is 1. The summed E-state index contributed by atoms with van der Waals surface area (Å²) >= 11 is 1.69. The van der Waals surface area contributed by atoms with Crippen molar-refractivity contribution in [1.29, 1.82) is 0 Å². The fourth-order valence-electron chi connectivity index (χ4n) is 3.23. The highest BCUT2D eigenvalue weighted by atomic mass is 32.1. The molecule has 0 aromatic carbocycles. The van der Waals surface area contributed by atoms with E-state index in [0.717, 1.165) is 13.1 Å². The third-order valence-electron chi connectivity index (χ3n) is 4.33. The molecule has 0 saturated carbocycles. The summed E-state index contributed by atoms with van der Waals surface area (Å²) in [5.74, 6) is 0.254. The second-order valence-corrected chi connectivity index (χ2v) is 7.09. The Kier molecular flexibility index (Phi) is 4.93. The third-order valence-corrected chi connectivity index (χ3v) is 5.38. The molecule has 0 spiro atoms. The Hall–Kier alpha value is -0.910. The SMILES string of the molecule is Cc1csc(CC(=O)N2CCOCC2CN2CCCC2)c1. The predicted octanol–water partition coefficient (Wildman–Crippen LogP) is 1.92. The van der Waals surface area contributed by atoms with Crippen LogP contribution in [0.1, 0.15) is 23.3 Å². The largest absolute Gasteiger partial charge is 0.377 e. The first-order valence-corrected chi connectivity index (χ1v) is 8.74. The Bertz CT molecular complexity index is 482. The van der Waals surface area contributed by atoms with E-state index < -0.39 is 0 Å². The molecule has 2 aliphatic heterocycles. The molecule has 0 N–H and O–H groups in total. The van der Waals surface area contributed by atoms with Gasteiger partial charge >= 0.3 is 0 Å². The van der Waals surface area contributed by atoms with Gasteiger partial charge in [-0.25, -0.2) is 0 Å². The van der Waals surface area contributed by atoms with Crippen LogP contribution in [0.25, 0.3) is 0 Å². The van der Waals surface area contributed by atoms with E-state index in [9.17, 15) is 4.79 Å². The number of hydrogen-bond donors (Lipinski definition) is 0. The maximum Gasteiger partial charge on any atom is 0.228 e. The lowest BCUT2D eigenvalue weighted by Crippen LogP contribution is -2.53. The lowest BCUT2D eigenvalue weighted by atomic mass is 10.2. The molecule has 2 aliphatic rings. The van der Waals surface area contributed by atoms with Crippen LogP contribution in [-0.4, -0.2) is 61.1 Å². The van der Waals surface area contributed by atoms with Gasteiger partial charge in [-0.2, -0.15) is 0 Å². The number of carbonyl (C=O) groups is 1. The van der Waals surface area contributed by atoms with Gasteiger partial charge in [0, 0.05) is 18.0 Å². The first-order chi connectivity index (χ1) is 10.2. The quantitative estimate of drug-likeness (QED) is 0.852. The monoisotopic (exact) mass is 308 g/mol. The number of likely N-dealkylation sites (tertiary alicyclic amines) is 1. The minimum Gasteiger partial charge on any atom is -0.377 e. The van der Waals surface area contributed by atoms with E-state index in [0.29, 0.717) is 19.6 Å². The number of hydrogen-bond acceptors (Lipinski definition) is 4. The molecule has 1 amide bonds. The number of thiophene rings is 1. The van der Waals surface area contributed by atoms with E-state index in [-0.39, 0.29) is 11.9 Å². The summed E-state index contributed by atoms with van der Waals surface area (Å²) in [6, 6.07) is 2.35. The van der Waals surface area contributed by atoms with Crippen molar-refractivity contribution in [1.82, 2.24) is 9.80 Å². The zero-order chi connectivity index (χ0) is 14.7. The van der Waals surface area contributed by atoms with Crippen molar-refractivity contribution in [2.45, 2.75) is 32.2 Å². The van der Waals surface area contributed by atoms with Gasteiger partial charge in [0.05, 0.1) is 25.7 Å². The average Bonchev–Trinajstić information content (AvgIpc) is 3.11. The standard InChI is InChI=1S/C16H24N2O2S/c1-13-8-15(21-12-13)9-16(19)18-6-7-20-11-14(18)10-17-4-2-3-5-17/h8,12,14H,2-7,9-11H2,1H3. The number of nitrogens with zero attached hydrogens (tertiary/aromatic N) is 2. The molecule has 0 aliphatic carbocycles. The van der Waals surface area contributed by atoms with Crippen molar-refractivity contribution >= 4 is 17.2 Å². The van der Waals surface area contributed by atoms with Crippen LogP contribution in [0.5, 0.6) is 0 Å². The zero-order valence-electron chi connectivity index (χ0n) is 12.7. The van der Waals surface area contributed by atoms with E-state index in [2.05, 4.69) is 28.2 Å². The first kappa shape index (κ1) is 15.0. The summed E-state index contributed by atoms with van der Waals surface area (Å²) in [5.41, 5.74) is 1.25. The summed E-state index contributed by atoms with van der Waals surface area (Å²) in [7, 11) is 0. The van der Waals surface area contributed by atoms with Gasteiger partial charge in [0.1, 0.15) is 0 Å². The summed E-state index contributed by atoms with van der Waals surface area (Å²) in [5, 5.41) is 2.11. The summed E-state index contributed by atoms with van der Waals surface area (Å²) in [6.45, 7) is 7.48.